The molecule has 4 rings (SSSR count). The lowest BCUT2D eigenvalue weighted by Gasteiger charge is -2.31. The van der Waals surface area contributed by atoms with Gasteiger partial charge in [-0.25, -0.2) is 0 Å². The van der Waals surface area contributed by atoms with Crippen LogP contribution in [0, 0.1) is 5.92 Å². The first kappa shape index (κ1) is 18.3. The molecule has 2 N–H and O–H groups in total. The van der Waals surface area contributed by atoms with Crippen molar-refractivity contribution in [3.8, 4) is 0 Å². The number of likely N-dealkylation sites (tertiary alicyclic amines) is 1. The highest BCUT2D eigenvalue weighted by Crippen LogP contribution is 2.22. The summed E-state index contributed by atoms with van der Waals surface area (Å²) in [6.45, 7) is 0.966. The number of anilines is 1. The minimum atomic E-state index is -0.295. The van der Waals surface area contributed by atoms with E-state index >= 15 is 0 Å². The van der Waals surface area contributed by atoms with Gasteiger partial charge in [0.25, 0.3) is 11.8 Å². The van der Waals surface area contributed by atoms with Crippen molar-refractivity contribution in [3.05, 3.63) is 54.0 Å². The maximum atomic E-state index is 12.7. The van der Waals surface area contributed by atoms with Crippen LogP contribution in [-0.2, 0) is 4.79 Å². The predicted octanol–water partition coefficient (Wildman–Crippen LogP) is 2.66. The van der Waals surface area contributed by atoms with Gasteiger partial charge < -0.3 is 20.0 Å². The molecular formula is C21H23N3O4. The molecular weight excluding hydrogens is 358 g/mol. The maximum absolute atomic E-state index is 12.7. The van der Waals surface area contributed by atoms with Crippen LogP contribution in [0.1, 0.15) is 46.6 Å². The minimum absolute atomic E-state index is 0.119. The second-order valence-electron chi connectivity index (χ2n) is 7.39. The van der Waals surface area contributed by atoms with Crippen LogP contribution in [0.3, 0.4) is 0 Å². The first-order chi connectivity index (χ1) is 13.6. The third-order valence-electron chi connectivity index (χ3n) is 5.12. The first-order valence-corrected chi connectivity index (χ1v) is 9.65. The zero-order valence-corrected chi connectivity index (χ0v) is 15.5. The fourth-order valence-electron chi connectivity index (χ4n) is 3.41. The van der Waals surface area contributed by atoms with Crippen molar-refractivity contribution in [1.82, 2.24) is 10.2 Å². The number of carbonyl (C=O) groups is 3. The quantitative estimate of drug-likeness (QED) is 0.833. The van der Waals surface area contributed by atoms with Gasteiger partial charge in [0.1, 0.15) is 0 Å². The molecule has 1 saturated carbocycles. The maximum Gasteiger partial charge on any atom is 0.289 e. The van der Waals surface area contributed by atoms with E-state index in [2.05, 4.69) is 10.6 Å². The van der Waals surface area contributed by atoms with Crippen molar-refractivity contribution >= 4 is 23.4 Å². The standard InChI is InChI=1S/C21H23N3O4/c25-19(22-16-8-9-16)14-4-1-6-17(12-14)23-20(26)15-5-2-10-24(13-15)21(27)18-7-3-11-28-18/h1,3-4,6-7,11-12,15-16H,2,5,8-10,13H2,(H,22,25)(H,23,26). The van der Waals surface area contributed by atoms with Crippen LogP contribution in [0.25, 0.3) is 0 Å². The molecule has 28 heavy (non-hydrogen) atoms. The first-order valence-electron chi connectivity index (χ1n) is 9.65. The van der Waals surface area contributed by atoms with Crippen molar-refractivity contribution in [2.75, 3.05) is 18.4 Å². The Hall–Kier alpha value is -3.09. The summed E-state index contributed by atoms with van der Waals surface area (Å²) >= 11 is 0. The zero-order chi connectivity index (χ0) is 19.5. The molecule has 2 aromatic rings. The second-order valence-corrected chi connectivity index (χ2v) is 7.39. The molecule has 3 amide bonds. The van der Waals surface area contributed by atoms with Gasteiger partial charge in [0.05, 0.1) is 12.2 Å². The summed E-state index contributed by atoms with van der Waals surface area (Å²) in [7, 11) is 0. The molecule has 0 radical (unpaired) electrons. The fourth-order valence-corrected chi connectivity index (χ4v) is 3.41. The molecule has 1 aliphatic heterocycles. The van der Waals surface area contributed by atoms with Crippen LogP contribution in [0.5, 0.6) is 0 Å². The monoisotopic (exact) mass is 381 g/mol. The number of furan rings is 1. The van der Waals surface area contributed by atoms with Gasteiger partial charge in [-0.2, -0.15) is 0 Å². The molecule has 0 spiro atoms. The minimum Gasteiger partial charge on any atom is -0.459 e. The fraction of sp³-hybridized carbons (Fsp3) is 0.381. The Bertz CT molecular complexity index is 874. The summed E-state index contributed by atoms with van der Waals surface area (Å²) in [6, 6.07) is 10.5. The highest BCUT2D eigenvalue weighted by Gasteiger charge is 2.30. The van der Waals surface area contributed by atoms with Gasteiger partial charge in [-0.3, -0.25) is 14.4 Å². The Balaban J connectivity index is 1.37. The van der Waals surface area contributed by atoms with E-state index in [0.29, 0.717) is 24.3 Å². The van der Waals surface area contributed by atoms with E-state index in [1.807, 2.05) is 0 Å². The van der Waals surface area contributed by atoms with Crippen molar-refractivity contribution in [1.29, 1.82) is 0 Å². The van der Waals surface area contributed by atoms with Crippen molar-refractivity contribution in [3.63, 3.8) is 0 Å². The lowest BCUT2D eigenvalue weighted by molar-refractivity contribution is -0.121. The summed E-state index contributed by atoms with van der Waals surface area (Å²) in [5.74, 6) is -0.462. The van der Waals surface area contributed by atoms with E-state index in [-0.39, 0.29) is 35.4 Å². The Kier molecular flexibility index (Phi) is 5.14. The Labute approximate surface area is 163 Å². The summed E-state index contributed by atoms with van der Waals surface area (Å²) in [5.41, 5.74) is 1.12. The molecule has 2 heterocycles. The Morgan fingerprint density at radius 3 is 2.68 bits per heavy atom. The highest BCUT2D eigenvalue weighted by molar-refractivity contribution is 5.98. The molecule has 1 unspecified atom stereocenters. The number of nitrogens with zero attached hydrogens (tertiary/aromatic N) is 1. The molecule has 2 fully saturated rings. The molecule has 1 aromatic heterocycles. The molecule has 146 valence electrons. The average Bonchev–Trinajstić information content (AvgIpc) is 3.36. The number of rotatable bonds is 5. The van der Waals surface area contributed by atoms with Gasteiger partial charge in [0.2, 0.25) is 5.91 Å². The van der Waals surface area contributed by atoms with Gasteiger partial charge >= 0.3 is 0 Å². The molecule has 1 atom stereocenters. The van der Waals surface area contributed by atoms with Gasteiger partial charge in [0.15, 0.2) is 5.76 Å². The SMILES string of the molecule is O=C(NC1CC1)c1cccc(NC(=O)C2CCCN(C(=O)c3ccco3)C2)c1. The smallest absolute Gasteiger partial charge is 0.289 e. The van der Waals surface area contributed by atoms with E-state index < -0.39 is 0 Å². The zero-order valence-electron chi connectivity index (χ0n) is 15.5. The third kappa shape index (κ3) is 4.24. The topological polar surface area (TPSA) is 91.7 Å². The number of carbonyl (C=O) groups excluding carboxylic acids is 3. The highest BCUT2D eigenvalue weighted by atomic mass is 16.3. The lowest BCUT2D eigenvalue weighted by atomic mass is 9.96. The number of benzene rings is 1. The number of hydrogen-bond donors (Lipinski definition) is 2. The van der Waals surface area contributed by atoms with Gasteiger partial charge in [-0.15, -0.1) is 0 Å². The molecule has 1 aromatic carbocycles. The molecule has 0 bridgehead atoms. The largest absolute Gasteiger partial charge is 0.459 e. The van der Waals surface area contributed by atoms with E-state index in [1.165, 1.54) is 6.26 Å². The van der Waals surface area contributed by atoms with E-state index in [9.17, 15) is 14.4 Å². The van der Waals surface area contributed by atoms with E-state index in [0.717, 1.165) is 25.7 Å². The summed E-state index contributed by atoms with van der Waals surface area (Å²) < 4.78 is 5.18. The van der Waals surface area contributed by atoms with E-state index in [4.69, 9.17) is 4.42 Å². The van der Waals surface area contributed by atoms with Gasteiger partial charge in [-0.05, 0) is 56.0 Å². The summed E-state index contributed by atoms with van der Waals surface area (Å²) in [5, 5.41) is 5.83. The number of hydrogen-bond acceptors (Lipinski definition) is 4. The Morgan fingerprint density at radius 2 is 1.93 bits per heavy atom. The van der Waals surface area contributed by atoms with Crippen LogP contribution in [-0.4, -0.2) is 41.8 Å². The number of amides is 3. The van der Waals surface area contributed by atoms with Crippen molar-refractivity contribution < 1.29 is 18.8 Å². The molecule has 7 heteroatoms. The number of nitrogens with one attached hydrogen (secondary N) is 2. The van der Waals surface area contributed by atoms with Crippen molar-refractivity contribution in [2.24, 2.45) is 5.92 Å². The average molecular weight is 381 g/mol. The van der Waals surface area contributed by atoms with Gasteiger partial charge in [0, 0.05) is 30.4 Å². The van der Waals surface area contributed by atoms with Crippen molar-refractivity contribution in [2.45, 2.75) is 31.7 Å². The lowest BCUT2D eigenvalue weighted by Crippen LogP contribution is -2.43. The number of piperidine rings is 1. The third-order valence-corrected chi connectivity index (χ3v) is 5.12. The molecule has 1 aliphatic carbocycles. The van der Waals surface area contributed by atoms with Crippen LogP contribution >= 0.6 is 0 Å². The van der Waals surface area contributed by atoms with Crippen LogP contribution < -0.4 is 10.6 Å². The predicted molar refractivity (Wildman–Crippen MR) is 103 cm³/mol. The normalized spacial score (nSPS) is 19.1. The Morgan fingerprint density at radius 1 is 1.07 bits per heavy atom. The van der Waals surface area contributed by atoms with Crippen LogP contribution in [0.15, 0.2) is 47.1 Å². The van der Waals surface area contributed by atoms with Crippen LogP contribution in [0.2, 0.25) is 0 Å². The molecule has 7 nitrogen and oxygen atoms in total. The molecule has 2 aliphatic rings. The summed E-state index contributed by atoms with van der Waals surface area (Å²) in [4.78, 5) is 39.0. The van der Waals surface area contributed by atoms with Crippen LogP contribution in [0.4, 0.5) is 5.69 Å². The van der Waals surface area contributed by atoms with Gasteiger partial charge in [-0.1, -0.05) is 6.07 Å². The second kappa shape index (κ2) is 7.88. The van der Waals surface area contributed by atoms with E-state index in [1.54, 1.807) is 41.3 Å². The summed E-state index contributed by atoms with van der Waals surface area (Å²) in [6.07, 6.45) is 4.99. The molecule has 1 saturated heterocycles.